The lowest BCUT2D eigenvalue weighted by atomic mass is 10.1. The highest BCUT2D eigenvalue weighted by atomic mass is 16.7. The molecule has 0 unspecified atom stereocenters. The van der Waals surface area contributed by atoms with E-state index >= 15 is 0 Å². The first-order valence-corrected chi connectivity index (χ1v) is 4.06. The number of unbranched alkanes of at least 4 members (excludes halogenated alkanes) is 1. The van der Waals surface area contributed by atoms with Crippen LogP contribution in [0.2, 0.25) is 0 Å². The van der Waals surface area contributed by atoms with E-state index in [1.54, 1.807) is 0 Å². The molecule has 0 amide bonds. The molecule has 0 aliphatic carbocycles. The number of nitrogens with two attached hydrogens (primary N) is 1. The lowest BCUT2D eigenvalue weighted by molar-refractivity contribution is -0.144. The van der Waals surface area contributed by atoms with E-state index in [-0.39, 0.29) is 5.97 Å². The molecule has 66 valence electrons. The zero-order valence-corrected chi connectivity index (χ0v) is 7.30. The number of hydrogen-bond donors (Lipinski definition) is 1. The van der Waals surface area contributed by atoms with Gasteiger partial charge in [0.15, 0.2) is 0 Å². The second kappa shape index (κ2) is 6.16. The van der Waals surface area contributed by atoms with Crippen molar-refractivity contribution in [1.82, 2.24) is 0 Å². The molecule has 2 N–H and O–H groups in total. The summed E-state index contributed by atoms with van der Waals surface area (Å²) < 4.78 is 0. The van der Waals surface area contributed by atoms with Crippen molar-refractivity contribution in [3.05, 3.63) is 0 Å². The van der Waals surface area contributed by atoms with Gasteiger partial charge in [-0.15, -0.1) is 0 Å². The van der Waals surface area contributed by atoms with Crippen molar-refractivity contribution in [2.24, 2.45) is 11.8 Å². The minimum absolute atomic E-state index is 0.311. The Labute approximate surface area is 67.9 Å². The Balaban J connectivity index is 3.08. The summed E-state index contributed by atoms with van der Waals surface area (Å²) in [7, 11) is 0. The van der Waals surface area contributed by atoms with Crippen LogP contribution in [0, 0.1) is 5.92 Å². The van der Waals surface area contributed by atoms with Crippen molar-refractivity contribution in [2.75, 3.05) is 0 Å². The fourth-order valence-electron chi connectivity index (χ4n) is 0.881. The summed E-state index contributed by atoms with van der Waals surface area (Å²) in [4.78, 5) is 14.5. The zero-order valence-electron chi connectivity index (χ0n) is 7.30. The van der Waals surface area contributed by atoms with Crippen molar-refractivity contribution in [2.45, 2.75) is 39.5 Å². The monoisotopic (exact) mass is 159 g/mol. The van der Waals surface area contributed by atoms with E-state index in [9.17, 15) is 4.79 Å². The van der Waals surface area contributed by atoms with Gasteiger partial charge in [-0.25, -0.2) is 0 Å². The SMILES string of the molecule is CC(C)CCCCC(=O)ON. The van der Waals surface area contributed by atoms with Gasteiger partial charge in [0.25, 0.3) is 0 Å². The standard InChI is InChI=1S/C8H17NO2/c1-7(2)5-3-4-6-8(10)11-9/h7H,3-6,9H2,1-2H3. The molecule has 0 spiro atoms. The van der Waals surface area contributed by atoms with E-state index in [2.05, 4.69) is 24.6 Å². The Hall–Kier alpha value is -0.570. The maximum Gasteiger partial charge on any atom is 0.324 e. The fraction of sp³-hybridized carbons (Fsp3) is 0.875. The Kier molecular flexibility index (Phi) is 5.84. The van der Waals surface area contributed by atoms with Crippen molar-refractivity contribution in [3.8, 4) is 0 Å². The molecule has 0 saturated carbocycles. The van der Waals surface area contributed by atoms with Crippen molar-refractivity contribution in [3.63, 3.8) is 0 Å². The molecule has 0 rings (SSSR count). The van der Waals surface area contributed by atoms with Gasteiger partial charge in [0.1, 0.15) is 0 Å². The van der Waals surface area contributed by atoms with E-state index in [0.717, 1.165) is 19.3 Å². The van der Waals surface area contributed by atoms with Gasteiger partial charge >= 0.3 is 5.97 Å². The van der Waals surface area contributed by atoms with Gasteiger partial charge in [0, 0.05) is 6.42 Å². The Morgan fingerprint density at radius 2 is 2.09 bits per heavy atom. The lowest BCUT2D eigenvalue weighted by Crippen LogP contribution is -2.09. The van der Waals surface area contributed by atoms with Gasteiger partial charge in [-0.05, 0) is 12.3 Å². The third-order valence-corrected chi connectivity index (χ3v) is 1.54. The molecule has 0 aromatic rings. The van der Waals surface area contributed by atoms with Crippen LogP contribution in [0.5, 0.6) is 0 Å². The summed E-state index contributed by atoms with van der Waals surface area (Å²) >= 11 is 0. The first-order valence-electron chi connectivity index (χ1n) is 4.06. The summed E-state index contributed by atoms with van der Waals surface area (Å²) in [6.07, 6.45) is 3.57. The molecule has 0 heterocycles. The van der Waals surface area contributed by atoms with Crippen LogP contribution in [0.15, 0.2) is 0 Å². The van der Waals surface area contributed by atoms with Crippen LogP contribution in [0.4, 0.5) is 0 Å². The minimum atomic E-state index is -0.311. The summed E-state index contributed by atoms with van der Waals surface area (Å²) in [5.41, 5.74) is 0. The van der Waals surface area contributed by atoms with Crippen LogP contribution in [-0.4, -0.2) is 5.97 Å². The summed E-state index contributed by atoms with van der Waals surface area (Å²) in [6, 6.07) is 0. The third kappa shape index (κ3) is 7.33. The van der Waals surface area contributed by atoms with Gasteiger partial charge in [-0.3, -0.25) is 4.79 Å². The number of carbonyl (C=O) groups is 1. The van der Waals surface area contributed by atoms with Crippen molar-refractivity contribution < 1.29 is 9.63 Å². The molecule has 0 fully saturated rings. The summed E-state index contributed by atoms with van der Waals surface area (Å²) in [5, 5.41) is 0. The maximum atomic E-state index is 10.5. The fourth-order valence-corrected chi connectivity index (χ4v) is 0.881. The molecule has 3 heteroatoms. The van der Waals surface area contributed by atoms with Crippen LogP contribution in [0.3, 0.4) is 0 Å². The van der Waals surface area contributed by atoms with Gasteiger partial charge in [0.2, 0.25) is 0 Å². The zero-order chi connectivity index (χ0) is 8.69. The van der Waals surface area contributed by atoms with Crippen LogP contribution < -0.4 is 5.90 Å². The lowest BCUT2D eigenvalue weighted by Gasteiger charge is -2.02. The molecule has 0 bridgehead atoms. The summed E-state index contributed by atoms with van der Waals surface area (Å²) in [6.45, 7) is 4.34. The highest BCUT2D eigenvalue weighted by molar-refractivity contribution is 5.68. The predicted octanol–water partition coefficient (Wildman–Crippen LogP) is 1.62. The largest absolute Gasteiger partial charge is 0.373 e. The molecule has 0 aromatic carbocycles. The van der Waals surface area contributed by atoms with Gasteiger partial charge < -0.3 is 4.84 Å². The van der Waals surface area contributed by atoms with E-state index in [1.807, 2.05) is 0 Å². The van der Waals surface area contributed by atoms with Crippen LogP contribution in [-0.2, 0) is 9.63 Å². The third-order valence-electron chi connectivity index (χ3n) is 1.54. The van der Waals surface area contributed by atoms with E-state index in [1.165, 1.54) is 0 Å². The van der Waals surface area contributed by atoms with E-state index in [4.69, 9.17) is 0 Å². The van der Waals surface area contributed by atoms with Gasteiger partial charge in [0.05, 0.1) is 0 Å². The number of carbonyl (C=O) groups excluding carboxylic acids is 1. The molecular weight excluding hydrogens is 142 g/mol. The average Bonchev–Trinajstić information content (AvgIpc) is 1.97. The average molecular weight is 159 g/mol. The van der Waals surface area contributed by atoms with Crippen molar-refractivity contribution >= 4 is 5.97 Å². The quantitative estimate of drug-likeness (QED) is 0.490. The Bertz CT molecular complexity index is 113. The summed E-state index contributed by atoms with van der Waals surface area (Å²) in [5.74, 6) is 5.07. The molecule has 0 aliphatic rings. The van der Waals surface area contributed by atoms with Crippen LogP contribution in [0.25, 0.3) is 0 Å². The Morgan fingerprint density at radius 1 is 1.45 bits per heavy atom. The molecule has 3 nitrogen and oxygen atoms in total. The Morgan fingerprint density at radius 3 is 2.55 bits per heavy atom. The molecule has 0 aromatic heterocycles. The predicted molar refractivity (Wildman–Crippen MR) is 43.6 cm³/mol. The molecule has 0 aliphatic heterocycles. The van der Waals surface area contributed by atoms with Crippen molar-refractivity contribution in [1.29, 1.82) is 0 Å². The molecule has 11 heavy (non-hydrogen) atoms. The topological polar surface area (TPSA) is 52.3 Å². The van der Waals surface area contributed by atoms with E-state index < -0.39 is 0 Å². The van der Waals surface area contributed by atoms with Crippen LogP contribution in [0.1, 0.15) is 39.5 Å². The van der Waals surface area contributed by atoms with Gasteiger partial charge in [-0.1, -0.05) is 26.7 Å². The van der Waals surface area contributed by atoms with Gasteiger partial charge in [-0.2, -0.15) is 5.90 Å². The number of hydrogen-bond acceptors (Lipinski definition) is 3. The molecular formula is C8H17NO2. The van der Waals surface area contributed by atoms with E-state index in [0.29, 0.717) is 12.3 Å². The molecule has 0 radical (unpaired) electrons. The smallest absolute Gasteiger partial charge is 0.324 e. The highest BCUT2D eigenvalue weighted by Gasteiger charge is 2.00. The second-order valence-corrected chi connectivity index (χ2v) is 3.13. The van der Waals surface area contributed by atoms with Crippen LogP contribution >= 0.6 is 0 Å². The maximum absolute atomic E-state index is 10.5. The molecule has 0 atom stereocenters. The molecule has 0 saturated heterocycles. The second-order valence-electron chi connectivity index (χ2n) is 3.13. The normalized spacial score (nSPS) is 10.2. The minimum Gasteiger partial charge on any atom is -0.373 e. The number of rotatable bonds is 5. The first-order chi connectivity index (χ1) is 5.16. The highest BCUT2D eigenvalue weighted by Crippen LogP contribution is 2.07. The first kappa shape index (κ1) is 10.4.